The lowest BCUT2D eigenvalue weighted by Gasteiger charge is -2.25. The van der Waals surface area contributed by atoms with Gasteiger partial charge in [-0.2, -0.15) is 0 Å². The van der Waals surface area contributed by atoms with Crippen molar-refractivity contribution >= 4 is 17.2 Å². The van der Waals surface area contributed by atoms with E-state index in [0.717, 1.165) is 23.5 Å². The summed E-state index contributed by atoms with van der Waals surface area (Å²) < 4.78 is 0. The van der Waals surface area contributed by atoms with Crippen molar-refractivity contribution in [3.63, 3.8) is 0 Å². The first-order chi connectivity index (χ1) is 9.74. The van der Waals surface area contributed by atoms with Gasteiger partial charge in [0, 0.05) is 11.4 Å². The summed E-state index contributed by atoms with van der Waals surface area (Å²) in [5.41, 5.74) is 5.36. The molecule has 1 aromatic heterocycles. The molecule has 0 saturated carbocycles. The van der Waals surface area contributed by atoms with Gasteiger partial charge < -0.3 is 10.6 Å². The van der Waals surface area contributed by atoms with Crippen molar-refractivity contribution < 1.29 is 4.79 Å². The largest absolute Gasteiger partial charge is 0.350 e. The summed E-state index contributed by atoms with van der Waals surface area (Å²) in [6.07, 6.45) is 0.754. The SMILES string of the molecule is Cc1ncsc1CNC(=O)[C@H]1Cc2ccccc2CN1. The molecule has 1 aliphatic rings. The molecule has 0 unspecified atom stereocenters. The Hall–Kier alpha value is -1.72. The fourth-order valence-corrected chi connectivity index (χ4v) is 3.14. The van der Waals surface area contributed by atoms with Crippen LogP contribution in [0.1, 0.15) is 21.7 Å². The highest BCUT2D eigenvalue weighted by molar-refractivity contribution is 7.09. The number of hydrogen-bond donors (Lipinski definition) is 2. The van der Waals surface area contributed by atoms with Crippen LogP contribution in [0.5, 0.6) is 0 Å². The zero-order valence-corrected chi connectivity index (χ0v) is 12.2. The van der Waals surface area contributed by atoms with Crippen LogP contribution >= 0.6 is 11.3 Å². The van der Waals surface area contributed by atoms with Gasteiger partial charge in [-0.25, -0.2) is 4.98 Å². The molecule has 4 nitrogen and oxygen atoms in total. The first-order valence-corrected chi connectivity index (χ1v) is 7.59. The lowest BCUT2D eigenvalue weighted by molar-refractivity contribution is -0.123. The maximum atomic E-state index is 12.2. The maximum absolute atomic E-state index is 12.2. The van der Waals surface area contributed by atoms with Gasteiger partial charge in [0.05, 0.1) is 23.8 Å². The average Bonchev–Trinajstić information content (AvgIpc) is 2.89. The number of carbonyl (C=O) groups is 1. The van der Waals surface area contributed by atoms with Gasteiger partial charge in [0.25, 0.3) is 0 Å². The Labute approximate surface area is 122 Å². The molecule has 1 atom stereocenters. The molecule has 0 spiro atoms. The minimum atomic E-state index is -0.141. The molecule has 1 aliphatic heterocycles. The molecule has 2 aromatic rings. The number of amides is 1. The van der Waals surface area contributed by atoms with Crippen LogP contribution in [-0.2, 0) is 24.3 Å². The third kappa shape index (κ3) is 2.73. The molecule has 0 fully saturated rings. The van der Waals surface area contributed by atoms with Crippen molar-refractivity contribution in [2.24, 2.45) is 0 Å². The first-order valence-electron chi connectivity index (χ1n) is 6.71. The van der Waals surface area contributed by atoms with Gasteiger partial charge in [0.1, 0.15) is 0 Å². The highest BCUT2D eigenvalue weighted by Gasteiger charge is 2.23. The Morgan fingerprint density at radius 1 is 1.45 bits per heavy atom. The van der Waals surface area contributed by atoms with E-state index in [4.69, 9.17) is 0 Å². The molecule has 2 N–H and O–H groups in total. The third-order valence-corrected chi connectivity index (χ3v) is 4.60. The Morgan fingerprint density at radius 3 is 3.00 bits per heavy atom. The summed E-state index contributed by atoms with van der Waals surface area (Å²) in [6, 6.07) is 8.13. The van der Waals surface area contributed by atoms with E-state index in [-0.39, 0.29) is 11.9 Å². The molecule has 104 valence electrons. The van der Waals surface area contributed by atoms with E-state index in [1.807, 2.05) is 24.6 Å². The number of aromatic nitrogens is 1. The Kier molecular flexibility index (Phi) is 3.80. The Morgan fingerprint density at radius 2 is 2.25 bits per heavy atom. The van der Waals surface area contributed by atoms with E-state index in [0.29, 0.717) is 6.54 Å². The minimum Gasteiger partial charge on any atom is -0.350 e. The van der Waals surface area contributed by atoms with Crippen LogP contribution in [0, 0.1) is 6.92 Å². The zero-order chi connectivity index (χ0) is 13.9. The van der Waals surface area contributed by atoms with Crippen molar-refractivity contribution in [2.75, 3.05) is 0 Å². The van der Waals surface area contributed by atoms with E-state index < -0.39 is 0 Å². The molecular formula is C15H17N3OS. The summed E-state index contributed by atoms with van der Waals surface area (Å²) in [5.74, 6) is 0.0623. The van der Waals surface area contributed by atoms with Crippen LogP contribution in [0.25, 0.3) is 0 Å². The number of thiazole rings is 1. The number of fused-ring (bicyclic) bond motifs is 1. The average molecular weight is 287 g/mol. The van der Waals surface area contributed by atoms with Gasteiger partial charge in [0.2, 0.25) is 5.91 Å². The molecular weight excluding hydrogens is 270 g/mol. The molecule has 1 amide bonds. The topological polar surface area (TPSA) is 54.0 Å². The molecule has 5 heteroatoms. The van der Waals surface area contributed by atoms with Crippen LogP contribution in [0.15, 0.2) is 29.8 Å². The number of rotatable bonds is 3. The quantitative estimate of drug-likeness (QED) is 0.905. The maximum Gasteiger partial charge on any atom is 0.237 e. The van der Waals surface area contributed by atoms with Gasteiger partial charge in [-0.1, -0.05) is 24.3 Å². The van der Waals surface area contributed by atoms with Crippen LogP contribution < -0.4 is 10.6 Å². The van der Waals surface area contributed by atoms with E-state index in [9.17, 15) is 4.79 Å². The summed E-state index contributed by atoms with van der Waals surface area (Å²) in [5, 5.41) is 6.29. The second-order valence-corrected chi connectivity index (χ2v) is 5.92. The van der Waals surface area contributed by atoms with E-state index in [1.54, 1.807) is 11.3 Å². The van der Waals surface area contributed by atoms with Gasteiger partial charge in [-0.05, 0) is 24.5 Å². The molecule has 20 heavy (non-hydrogen) atoms. The predicted molar refractivity (Wildman–Crippen MR) is 79.5 cm³/mol. The van der Waals surface area contributed by atoms with Crippen LogP contribution in [-0.4, -0.2) is 16.9 Å². The number of aryl methyl sites for hydroxylation is 1. The molecule has 0 aliphatic carbocycles. The van der Waals surface area contributed by atoms with Crippen LogP contribution in [0.3, 0.4) is 0 Å². The van der Waals surface area contributed by atoms with Crippen LogP contribution in [0.2, 0.25) is 0 Å². The second kappa shape index (κ2) is 5.73. The third-order valence-electron chi connectivity index (χ3n) is 3.67. The number of carbonyl (C=O) groups excluding carboxylic acids is 1. The number of nitrogens with one attached hydrogen (secondary N) is 2. The fraction of sp³-hybridized carbons (Fsp3) is 0.333. The van der Waals surface area contributed by atoms with Gasteiger partial charge in [-0.3, -0.25) is 4.79 Å². The van der Waals surface area contributed by atoms with Crippen molar-refractivity contribution in [1.82, 2.24) is 15.6 Å². The summed E-state index contributed by atoms with van der Waals surface area (Å²) in [4.78, 5) is 17.5. The van der Waals surface area contributed by atoms with E-state index in [2.05, 4.69) is 27.8 Å². The molecule has 2 heterocycles. The van der Waals surface area contributed by atoms with Gasteiger partial charge >= 0.3 is 0 Å². The summed E-state index contributed by atoms with van der Waals surface area (Å²) in [7, 11) is 0. The standard InChI is InChI=1S/C15H17N3OS/c1-10-14(20-9-18-10)8-17-15(19)13-6-11-4-2-3-5-12(11)7-16-13/h2-5,9,13,16H,6-8H2,1H3,(H,17,19)/t13-/m1/s1. The zero-order valence-electron chi connectivity index (χ0n) is 11.3. The van der Waals surface area contributed by atoms with Crippen LogP contribution in [0.4, 0.5) is 0 Å². The predicted octanol–water partition coefficient (Wildman–Crippen LogP) is 1.78. The summed E-state index contributed by atoms with van der Waals surface area (Å²) in [6.45, 7) is 3.29. The van der Waals surface area contributed by atoms with Gasteiger partial charge in [-0.15, -0.1) is 11.3 Å². The normalized spacial score (nSPS) is 17.6. The number of nitrogens with zero attached hydrogens (tertiary/aromatic N) is 1. The Balaban J connectivity index is 1.60. The molecule has 1 aromatic carbocycles. The summed E-state index contributed by atoms with van der Waals surface area (Å²) >= 11 is 1.58. The van der Waals surface area contributed by atoms with Crippen molar-refractivity contribution in [2.45, 2.75) is 32.5 Å². The molecule has 0 saturated heterocycles. The van der Waals surface area contributed by atoms with E-state index >= 15 is 0 Å². The minimum absolute atomic E-state index is 0.0623. The number of benzene rings is 1. The molecule has 3 rings (SSSR count). The van der Waals surface area contributed by atoms with Crippen molar-refractivity contribution in [3.05, 3.63) is 51.5 Å². The van der Waals surface area contributed by atoms with Gasteiger partial charge in [0.15, 0.2) is 0 Å². The second-order valence-electron chi connectivity index (χ2n) is 4.99. The lowest BCUT2D eigenvalue weighted by atomic mass is 9.95. The van der Waals surface area contributed by atoms with Crippen molar-refractivity contribution in [3.8, 4) is 0 Å². The lowest BCUT2D eigenvalue weighted by Crippen LogP contribution is -2.47. The first kappa shape index (κ1) is 13.3. The number of hydrogen-bond acceptors (Lipinski definition) is 4. The fourth-order valence-electron chi connectivity index (χ4n) is 2.43. The highest BCUT2D eigenvalue weighted by atomic mass is 32.1. The highest BCUT2D eigenvalue weighted by Crippen LogP contribution is 2.17. The monoisotopic (exact) mass is 287 g/mol. The Bertz CT molecular complexity index is 623. The van der Waals surface area contributed by atoms with E-state index in [1.165, 1.54) is 11.1 Å². The molecule has 0 bridgehead atoms. The van der Waals surface area contributed by atoms with Crippen molar-refractivity contribution in [1.29, 1.82) is 0 Å². The molecule has 0 radical (unpaired) electrons. The smallest absolute Gasteiger partial charge is 0.237 e.